The van der Waals surface area contributed by atoms with Gasteiger partial charge in [0.1, 0.15) is 0 Å². The molecule has 0 saturated heterocycles. The lowest BCUT2D eigenvalue weighted by molar-refractivity contribution is -0.116. The summed E-state index contributed by atoms with van der Waals surface area (Å²) in [6, 6.07) is 10.4. The third-order valence-electron chi connectivity index (χ3n) is 4.09. The summed E-state index contributed by atoms with van der Waals surface area (Å²) < 4.78 is 28.4. The number of aryl methyl sites for hydroxylation is 3. The Labute approximate surface area is 173 Å². The minimum absolute atomic E-state index is 0.0139. The number of benzene rings is 1. The van der Waals surface area contributed by atoms with Crippen LogP contribution in [0.25, 0.3) is 0 Å². The van der Waals surface area contributed by atoms with E-state index in [0.717, 1.165) is 0 Å². The number of nitrogens with zero attached hydrogens (tertiary/aromatic N) is 4. The highest BCUT2D eigenvalue weighted by Gasteiger charge is 2.16. The van der Waals surface area contributed by atoms with E-state index < -0.39 is 10.0 Å². The largest absolute Gasteiger partial charge is 0.326 e. The second kappa shape index (κ2) is 8.82. The van der Waals surface area contributed by atoms with Gasteiger partial charge in [-0.05, 0) is 43.3 Å². The molecular weight excluding hydrogens is 408 g/mol. The van der Waals surface area contributed by atoms with Gasteiger partial charge >= 0.3 is 0 Å². The highest BCUT2D eigenvalue weighted by atomic mass is 32.2. The Hall–Kier alpha value is -3.60. The molecule has 0 aliphatic rings. The number of aromatic nitrogens is 4. The van der Waals surface area contributed by atoms with Gasteiger partial charge in [-0.15, -0.1) is 0 Å². The van der Waals surface area contributed by atoms with Crippen molar-refractivity contribution in [3.8, 4) is 0 Å². The lowest BCUT2D eigenvalue weighted by Gasteiger charge is -2.09. The molecule has 3 aromatic rings. The van der Waals surface area contributed by atoms with Crippen molar-refractivity contribution in [2.75, 3.05) is 10.0 Å². The first-order chi connectivity index (χ1) is 14.2. The van der Waals surface area contributed by atoms with E-state index in [2.05, 4.69) is 25.1 Å². The maximum atomic E-state index is 12.4. The van der Waals surface area contributed by atoms with Crippen LogP contribution in [0.5, 0.6) is 0 Å². The molecule has 0 spiro atoms. The molecule has 3 rings (SSSR count). The quantitative estimate of drug-likeness (QED) is 0.578. The monoisotopic (exact) mass is 428 g/mol. The maximum Gasteiger partial charge on any atom is 0.266 e. The van der Waals surface area contributed by atoms with Crippen LogP contribution in [0.15, 0.2) is 58.4 Å². The van der Waals surface area contributed by atoms with E-state index in [0.29, 0.717) is 23.5 Å². The van der Waals surface area contributed by atoms with Crippen molar-refractivity contribution in [2.45, 2.75) is 24.7 Å². The third kappa shape index (κ3) is 5.47. The summed E-state index contributed by atoms with van der Waals surface area (Å²) >= 11 is 0. The highest BCUT2D eigenvalue weighted by Crippen LogP contribution is 2.17. The number of hydrogen-bond acceptors (Lipinski definition) is 7. The molecule has 10 nitrogen and oxygen atoms in total. The predicted molar refractivity (Wildman–Crippen MR) is 110 cm³/mol. The van der Waals surface area contributed by atoms with Crippen LogP contribution in [-0.4, -0.2) is 34.1 Å². The molecule has 2 N–H and O–H groups in total. The van der Waals surface area contributed by atoms with E-state index >= 15 is 0 Å². The number of sulfonamides is 1. The summed E-state index contributed by atoms with van der Waals surface area (Å²) in [6.07, 6.45) is 1.99. The van der Waals surface area contributed by atoms with Gasteiger partial charge in [-0.3, -0.25) is 9.59 Å². The van der Waals surface area contributed by atoms with E-state index in [1.54, 1.807) is 26.1 Å². The summed E-state index contributed by atoms with van der Waals surface area (Å²) in [4.78, 5) is 31.4. The van der Waals surface area contributed by atoms with Crippen molar-refractivity contribution >= 4 is 27.6 Å². The SMILES string of the molecule is Cc1ccnc(NS(=O)(=O)c2ccc(NC(=O)CCc3ccc(=O)n(C)n3)cc2)n1. The normalized spacial score (nSPS) is 11.1. The van der Waals surface area contributed by atoms with Gasteiger partial charge in [0.25, 0.3) is 15.6 Å². The summed E-state index contributed by atoms with van der Waals surface area (Å²) in [6.45, 7) is 1.73. The van der Waals surface area contributed by atoms with Crippen LogP contribution in [0.2, 0.25) is 0 Å². The van der Waals surface area contributed by atoms with Crippen molar-refractivity contribution in [3.63, 3.8) is 0 Å². The Morgan fingerprint density at radius 3 is 2.50 bits per heavy atom. The standard InChI is InChI=1S/C19H20N6O4S/c1-13-11-12-20-19(21-13)24-30(28,29)16-7-3-14(4-8-16)22-17(26)9-5-15-6-10-18(27)25(2)23-15/h3-4,6-8,10-12H,5,9H2,1-2H3,(H,22,26)(H,20,21,24). The van der Waals surface area contributed by atoms with E-state index in [4.69, 9.17) is 0 Å². The van der Waals surface area contributed by atoms with Crippen LogP contribution in [0.3, 0.4) is 0 Å². The maximum absolute atomic E-state index is 12.4. The zero-order valence-corrected chi connectivity index (χ0v) is 17.2. The molecule has 1 aromatic carbocycles. The molecule has 2 aromatic heterocycles. The Morgan fingerprint density at radius 2 is 1.83 bits per heavy atom. The van der Waals surface area contributed by atoms with Crippen molar-refractivity contribution < 1.29 is 13.2 Å². The fraction of sp³-hybridized carbons (Fsp3) is 0.211. The van der Waals surface area contributed by atoms with E-state index in [1.165, 1.54) is 41.2 Å². The topological polar surface area (TPSA) is 136 Å². The lowest BCUT2D eigenvalue weighted by atomic mass is 10.2. The third-order valence-corrected chi connectivity index (χ3v) is 5.44. The van der Waals surface area contributed by atoms with Crippen LogP contribution in [0, 0.1) is 6.92 Å². The number of hydrogen-bond donors (Lipinski definition) is 2. The van der Waals surface area contributed by atoms with Gasteiger partial charge in [0.15, 0.2) is 0 Å². The molecule has 0 radical (unpaired) electrons. The van der Waals surface area contributed by atoms with Crippen LogP contribution in [0.1, 0.15) is 17.8 Å². The number of carbonyl (C=O) groups is 1. The summed E-state index contributed by atoms with van der Waals surface area (Å²) in [5.41, 5.74) is 1.49. The zero-order chi connectivity index (χ0) is 21.7. The number of amides is 1. The molecule has 1 amide bonds. The number of nitrogens with one attached hydrogen (secondary N) is 2. The molecule has 0 fully saturated rings. The van der Waals surface area contributed by atoms with Crippen LogP contribution in [0.4, 0.5) is 11.6 Å². The Kier molecular flexibility index (Phi) is 6.21. The summed E-state index contributed by atoms with van der Waals surface area (Å²) in [5.74, 6) is -0.271. The Bertz CT molecular complexity index is 1220. The number of carbonyl (C=O) groups excluding carboxylic acids is 1. The van der Waals surface area contributed by atoms with Crippen LogP contribution >= 0.6 is 0 Å². The molecular formula is C19H20N6O4S. The van der Waals surface area contributed by atoms with Gasteiger partial charge < -0.3 is 5.32 Å². The minimum atomic E-state index is -3.85. The molecule has 0 aliphatic heterocycles. The van der Waals surface area contributed by atoms with Crippen LogP contribution < -0.4 is 15.6 Å². The van der Waals surface area contributed by atoms with Gasteiger partial charge in [0, 0.05) is 43.5 Å². The average molecular weight is 428 g/mol. The van der Waals surface area contributed by atoms with E-state index in [-0.39, 0.29) is 28.7 Å². The number of rotatable bonds is 7. The fourth-order valence-electron chi connectivity index (χ4n) is 2.54. The van der Waals surface area contributed by atoms with Gasteiger partial charge in [0.05, 0.1) is 10.6 Å². The van der Waals surface area contributed by atoms with Crippen molar-refractivity contribution in [1.82, 2.24) is 19.7 Å². The molecule has 156 valence electrons. The molecule has 11 heteroatoms. The highest BCUT2D eigenvalue weighted by molar-refractivity contribution is 7.92. The van der Waals surface area contributed by atoms with Crippen LogP contribution in [-0.2, 0) is 28.3 Å². The first kappa shape index (κ1) is 21.1. The zero-order valence-electron chi connectivity index (χ0n) is 16.4. The second-order valence-corrected chi connectivity index (χ2v) is 8.17. The molecule has 30 heavy (non-hydrogen) atoms. The van der Waals surface area contributed by atoms with Gasteiger partial charge in [0.2, 0.25) is 11.9 Å². The van der Waals surface area contributed by atoms with Gasteiger partial charge in [-0.2, -0.15) is 5.10 Å². The average Bonchev–Trinajstić information content (AvgIpc) is 2.69. The molecule has 0 unspecified atom stereocenters. The van der Waals surface area contributed by atoms with Crippen molar-refractivity contribution in [3.05, 3.63) is 70.4 Å². The van der Waals surface area contributed by atoms with Gasteiger partial charge in [-0.1, -0.05) is 0 Å². The fourth-order valence-corrected chi connectivity index (χ4v) is 3.49. The van der Waals surface area contributed by atoms with Gasteiger partial charge in [-0.25, -0.2) is 27.8 Å². The molecule has 2 heterocycles. The number of anilines is 2. The minimum Gasteiger partial charge on any atom is -0.326 e. The molecule has 0 saturated carbocycles. The lowest BCUT2D eigenvalue weighted by Crippen LogP contribution is -2.20. The van der Waals surface area contributed by atoms with E-state index in [1.807, 2.05) is 0 Å². The summed E-state index contributed by atoms with van der Waals surface area (Å²) in [7, 11) is -2.31. The smallest absolute Gasteiger partial charge is 0.266 e. The first-order valence-electron chi connectivity index (χ1n) is 8.98. The Balaban J connectivity index is 1.60. The second-order valence-electron chi connectivity index (χ2n) is 6.49. The molecule has 0 atom stereocenters. The van der Waals surface area contributed by atoms with Crippen molar-refractivity contribution in [2.24, 2.45) is 7.05 Å². The van der Waals surface area contributed by atoms with E-state index in [9.17, 15) is 18.0 Å². The first-order valence-corrected chi connectivity index (χ1v) is 10.5. The Morgan fingerprint density at radius 1 is 1.10 bits per heavy atom. The van der Waals surface area contributed by atoms with Crippen molar-refractivity contribution in [1.29, 1.82) is 0 Å². The predicted octanol–water partition coefficient (Wildman–Crippen LogP) is 1.25. The summed E-state index contributed by atoms with van der Waals surface area (Å²) in [5, 5.41) is 6.77. The molecule has 0 bridgehead atoms. The molecule has 0 aliphatic carbocycles.